The average Bonchev–Trinajstić information content (AvgIpc) is 2.00. The Bertz CT molecular complexity index is 154. The molecule has 0 aromatic carbocycles. The molecular weight excluding hydrogens is 185 g/mol. The highest BCUT2D eigenvalue weighted by atomic mass is 19.4. The number of carbonyl (C=O) groups excluding carboxylic acids is 1. The molecule has 0 radical (unpaired) electrons. The molecular formula is C8H13F3O2. The molecule has 0 unspecified atom stereocenters. The van der Waals surface area contributed by atoms with Crippen molar-refractivity contribution in [1.29, 1.82) is 0 Å². The van der Waals surface area contributed by atoms with Crippen LogP contribution in [-0.2, 0) is 9.53 Å². The van der Waals surface area contributed by atoms with E-state index in [9.17, 15) is 18.0 Å². The van der Waals surface area contributed by atoms with Crippen LogP contribution in [0.4, 0.5) is 13.2 Å². The number of ketones is 1. The Morgan fingerprint density at radius 1 is 1.31 bits per heavy atom. The topological polar surface area (TPSA) is 26.3 Å². The summed E-state index contributed by atoms with van der Waals surface area (Å²) in [7, 11) is 0. The van der Waals surface area contributed by atoms with E-state index in [1.807, 2.05) is 0 Å². The van der Waals surface area contributed by atoms with Crippen LogP contribution in [0.2, 0.25) is 0 Å². The van der Waals surface area contributed by atoms with Gasteiger partial charge in [-0.3, -0.25) is 4.79 Å². The molecule has 0 aromatic heterocycles. The summed E-state index contributed by atoms with van der Waals surface area (Å²) in [4.78, 5) is 10.8. The average molecular weight is 198 g/mol. The first-order valence-electron chi connectivity index (χ1n) is 4.12. The van der Waals surface area contributed by atoms with E-state index in [2.05, 4.69) is 0 Å². The third-order valence-corrected chi connectivity index (χ3v) is 1.42. The predicted octanol–water partition coefficient (Wildman–Crippen LogP) is 2.32. The second-order valence-electron chi connectivity index (χ2n) is 2.60. The van der Waals surface area contributed by atoms with Gasteiger partial charge in [-0.2, -0.15) is 13.2 Å². The number of ether oxygens (including phenoxy) is 1. The van der Waals surface area contributed by atoms with E-state index < -0.39 is 24.8 Å². The Hall–Kier alpha value is -0.580. The van der Waals surface area contributed by atoms with Crippen LogP contribution >= 0.6 is 0 Å². The lowest BCUT2D eigenvalue weighted by Crippen LogP contribution is -2.12. The number of carbonyl (C=O) groups is 1. The van der Waals surface area contributed by atoms with E-state index in [1.54, 1.807) is 6.92 Å². The highest BCUT2D eigenvalue weighted by molar-refractivity contribution is 5.78. The molecule has 0 aliphatic heterocycles. The monoisotopic (exact) mass is 198 g/mol. The molecule has 2 nitrogen and oxygen atoms in total. The summed E-state index contributed by atoms with van der Waals surface area (Å²) >= 11 is 0. The van der Waals surface area contributed by atoms with Gasteiger partial charge < -0.3 is 4.74 Å². The summed E-state index contributed by atoms with van der Waals surface area (Å²) < 4.78 is 39.7. The first-order chi connectivity index (χ1) is 5.95. The molecule has 0 saturated carbocycles. The van der Waals surface area contributed by atoms with Crippen LogP contribution in [0.15, 0.2) is 0 Å². The van der Waals surface area contributed by atoms with Gasteiger partial charge in [0.2, 0.25) is 0 Å². The van der Waals surface area contributed by atoms with Gasteiger partial charge in [-0.1, -0.05) is 0 Å². The summed E-state index contributed by atoms with van der Waals surface area (Å²) in [5, 5.41) is 0. The SMILES string of the molecule is CCOCCC(=O)CCC(F)(F)F. The van der Waals surface area contributed by atoms with Crippen molar-refractivity contribution in [2.75, 3.05) is 13.2 Å². The molecule has 0 N–H and O–H groups in total. The second kappa shape index (κ2) is 5.96. The van der Waals surface area contributed by atoms with Gasteiger partial charge in [0.15, 0.2) is 0 Å². The van der Waals surface area contributed by atoms with Crippen molar-refractivity contribution in [2.45, 2.75) is 32.4 Å². The van der Waals surface area contributed by atoms with Crippen LogP contribution in [0.1, 0.15) is 26.2 Å². The molecule has 0 aliphatic rings. The predicted molar refractivity (Wildman–Crippen MR) is 41.4 cm³/mol. The van der Waals surface area contributed by atoms with Crippen molar-refractivity contribution in [2.24, 2.45) is 0 Å². The molecule has 5 heteroatoms. The van der Waals surface area contributed by atoms with E-state index >= 15 is 0 Å². The largest absolute Gasteiger partial charge is 0.389 e. The number of hydrogen-bond acceptors (Lipinski definition) is 2. The Morgan fingerprint density at radius 2 is 1.92 bits per heavy atom. The van der Waals surface area contributed by atoms with Crippen molar-refractivity contribution < 1.29 is 22.7 Å². The maximum Gasteiger partial charge on any atom is 0.389 e. The highest BCUT2D eigenvalue weighted by Crippen LogP contribution is 2.21. The molecule has 0 rings (SSSR count). The lowest BCUT2D eigenvalue weighted by Gasteiger charge is -2.04. The standard InChI is InChI=1S/C8H13F3O2/c1-2-13-6-4-7(12)3-5-8(9,10)11/h2-6H2,1H3. The third kappa shape index (κ3) is 9.33. The quantitative estimate of drug-likeness (QED) is 0.612. The van der Waals surface area contributed by atoms with Crippen molar-refractivity contribution in [3.05, 3.63) is 0 Å². The third-order valence-electron chi connectivity index (χ3n) is 1.42. The lowest BCUT2D eigenvalue weighted by molar-refractivity contribution is -0.143. The zero-order valence-electron chi connectivity index (χ0n) is 7.49. The van der Waals surface area contributed by atoms with E-state index in [4.69, 9.17) is 4.74 Å². The van der Waals surface area contributed by atoms with Crippen molar-refractivity contribution in [3.8, 4) is 0 Å². The summed E-state index contributed by atoms with van der Waals surface area (Å²) in [5.41, 5.74) is 0. The number of hydrogen-bond donors (Lipinski definition) is 0. The van der Waals surface area contributed by atoms with Gasteiger partial charge in [0, 0.05) is 19.4 Å². The lowest BCUT2D eigenvalue weighted by atomic mass is 10.2. The molecule has 0 bridgehead atoms. The Labute approximate surface area is 75.1 Å². The summed E-state index contributed by atoms with van der Waals surface area (Å²) in [6, 6.07) is 0. The maximum atomic E-state index is 11.6. The zero-order valence-corrected chi connectivity index (χ0v) is 7.49. The molecule has 0 fully saturated rings. The van der Waals surface area contributed by atoms with Crippen LogP contribution < -0.4 is 0 Å². The molecule has 0 spiro atoms. The molecule has 0 saturated heterocycles. The normalized spacial score (nSPS) is 11.7. The van der Waals surface area contributed by atoms with E-state index in [0.717, 1.165) is 0 Å². The fraction of sp³-hybridized carbons (Fsp3) is 0.875. The first-order valence-corrected chi connectivity index (χ1v) is 4.12. The molecule has 0 aliphatic carbocycles. The second-order valence-corrected chi connectivity index (χ2v) is 2.60. The van der Waals surface area contributed by atoms with Crippen molar-refractivity contribution in [3.63, 3.8) is 0 Å². The number of halogens is 3. The zero-order chi connectivity index (χ0) is 10.3. The van der Waals surface area contributed by atoms with Gasteiger partial charge >= 0.3 is 6.18 Å². The highest BCUT2D eigenvalue weighted by Gasteiger charge is 2.27. The Kier molecular flexibility index (Phi) is 5.70. The van der Waals surface area contributed by atoms with Crippen LogP contribution in [0.5, 0.6) is 0 Å². The minimum atomic E-state index is -4.23. The van der Waals surface area contributed by atoms with Gasteiger partial charge in [-0.25, -0.2) is 0 Å². The minimum absolute atomic E-state index is 0.0733. The molecule has 0 amide bonds. The van der Waals surface area contributed by atoms with Crippen LogP contribution in [0.3, 0.4) is 0 Å². The molecule has 0 heterocycles. The molecule has 13 heavy (non-hydrogen) atoms. The first kappa shape index (κ1) is 12.4. The summed E-state index contributed by atoms with van der Waals surface area (Å²) in [6.07, 6.45) is -5.63. The maximum absolute atomic E-state index is 11.6. The molecule has 78 valence electrons. The van der Waals surface area contributed by atoms with Crippen molar-refractivity contribution >= 4 is 5.78 Å². The number of alkyl halides is 3. The van der Waals surface area contributed by atoms with Gasteiger partial charge in [0.25, 0.3) is 0 Å². The number of rotatable bonds is 6. The minimum Gasteiger partial charge on any atom is -0.381 e. The van der Waals surface area contributed by atoms with Gasteiger partial charge in [-0.05, 0) is 6.92 Å². The van der Waals surface area contributed by atoms with E-state index in [1.165, 1.54) is 0 Å². The Morgan fingerprint density at radius 3 is 2.38 bits per heavy atom. The Balaban J connectivity index is 3.41. The smallest absolute Gasteiger partial charge is 0.381 e. The fourth-order valence-electron chi connectivity index (χ4n) is 0.736. The van der Waals surface area contributed by atoms with Crippen LogP contribution in [0.25, 0.3) is 0 Å². The molecule has 0 atom stereocenters. The van der Waals surface area contributed by atoms with Gasteiger partial charge in [0.1, 0.15) is 5.78 Å². The summed E-state index contributed by atoms with van der Waals surface area (Å²) in [5.74, 6) is -0.397. The van der Waals surface area contributed by atoms with E-state index in [-0.39, 0.29) is 13.0 Å². The molecule has 0 aromatic rings. The van der Waals surface area contributed by atoms with Crippen LogP contribution in [-0.4, -0.2) is 25.2 Å². The van der Waals surface area contributed by atoms with Gasteiger partial charge in [0.05, 0.1) is 13.0 Å². The van der Waals surface area contributed by atoms with Gasteiger partial charge in [-0.15, -0.1) is 0 Å². The van der Waals surface area contributed by atoms with Crippen molar-refractivity contribution in [1.82, 2.24) is 0 Å². The summed E-state index contributed by atoms with van der Waals surface area (Å²) in [6.45, 7) is 2.46. The van der Waals surface area contributed by atoms with Crippen LogP contribution in [0, 0.1) is 0 Å². The fourth-order valence-corrected chi connectivity index (χ4v) is 0.736. The number of Topliss-reactive ketones (excluding diaryl/α,β-unsaturated/α-hetero) is 1. The van der Waals surface area contributed by atoms with E-state index in [0.29, 0.717) is 6.61 Å².